The second kappa shape index (κ2) is 7.83. The molecule has 3 heteroatoms. The molecule has 0 aliphatic heterocycles. The van der Waals surface area contributed by atoms with Crippen molar-refractivity contribution < 1.29 is 14.6 Å². The summed E-state index contributed by atoms with van der Waals surface area (Å²) in [5.74, 6) is -0.524. The Hall–Kier alpha value is -2.13. The Balaban J connectivity index is 1.74. The molecule has 2 aromatic rings. The number of hydrogen-bond donors (Lipinski definition) is 1. The Kier molecular flexibility index (Phi) is 5.54. The summed E-state index contributed by atoms with van der Waals surface area (Å²) in [4.78, 5) is 12.2. The van der Waals surface area contributed by atoms with E-state index in [0.717, 1.165) is 18.4 Å². The van der Waals surface area contributed by atoms with Crippen LogP contribution in [0.3, 0.4) is 0 Å². The summed E-state index contributed by atoms with van der Waals surface area (Å²) in [5.41, 5.74) is 1.49. The van der Waals surface area contributed by atoms with Crippen LogP contribution < -0.4 is 0 Å². The normalized spacial score (nSPS) is 24.1. The summed E-state index contributed by atoms with van der Waals surface area (Å²) in [6.07, 6.45) is 2.81. The van der Waals surface area contributed by atoms with Gasteiger partial charge in [-0.2, -0.15) is 0 Å². The van der Waals surface area contributed by atoms with Crippen molar-refractivity contribution in [3.05, 3.63) is 71.8 Å². The highest BCUT2D eigenvalue weighted by Gasteiger charge is 2.50. The highest BCUT2D eigenvalue weighted by molar-refractivity contribution is 5.76. The minimum Gasteiger partial charge on any atom is -0.481 e. The summed E-state index contributed by atoms with van der Waals surface area (Å²) < 4.78 is 6.12. The van der Waals surface area contributed by atoms with Gasteiger partial charge >= 0.3 is 5.97 Å². The Morgan fingerprint density at radius 1 is 1.16 bits per heavy atom. The largest absolute Gasteiger partial charge is 0.481 e. The van der Waals surface area contributed by atoms with Crippen LogP contribution in [0.1, 0.15) is 49.7 Å². The maximum absolute atomic E-state index is 12.2. The van der Waals surface area contributed by atoms with Gasteiger partial charge in [-0.15, -0.1) is 0 Å². The molecule has 0 heterocycles. The zero-order valence-electron chi connectivity index (χ0n) is 14.7. The van der Waals surface area contributed by atoms with Crippen molar-refractivity contribution in [1.29, 1.82) is 0 Å². The van der Waals surface area contributed by atoms with Crippen LogP contribution in [0.2, 0.25) is 0 Å². The van der Waals surface area contributed by atoms with E-state index in [-0.39, 0.29) is 12.0 Å². The molecule has 3 atom stereocenters. The van der Waals surface area contributed by atoms with Gasteiger partial charge in [0.25, 0.3) is 0 Å². The minimum atomic E-state index is -0.788. The molecule has 25 heavy (non-hydrogen) atoms. The summed E-state index contributed by atoms with van der Waals surface area (Å²) in [6, 6.07) is 20.1. The molecule has 0 unspecified atom stereocenters. The molecule has 1 fully saturated rings. The topological polar surface area (TPSA) is 46.5 Å². The third-order valence-electron chi connectivity index (χ3n) is 5.46. The molecule has 0 amide bonds. The van der Waals surface area contributed by atoms with Crippen molar-refractivity contribution in [2.75, 3.05) is 0 Å². The maximum atomic E-state index is 12.2. The van der Waals surface area contributed by atoms with E-state index in [1.807, 2.05) is 48.5 Å². The van der Waals surface area contributed by atoms with Crippen molar-refractivity contribution in [1.82, 2.24) is 0 Å². The van der Waals surface area contributed by atoms with Crippen molar-refractivity contribution in [3.63, 3.8) is 0 Å². The Morgan fingerprint density at radius 3 is 2.44 bits per heavy atom. The van der Waals surface area contributed by atoms with Gasteiger partial charge in [-0.25, -0.2) is 0 Å². The van der Waals surface area contributed by atoms with Gasteiger partial charge in [0.15, 0.2) is 0 Å². The molecule has 0 saturated heterocycles. The Labute approximate surface area is 149 Å². The van der Waals surface area contributed by atoms with Gasteiger partial charge in [0.05, 0.1) is 18.1 Å². The summed E-state index contributed by atoms with van der Waals surface area (Å²) in [6.45, 7) is 2.59. The van der Waals surface area contributed by atoms with E-state index >= 15 is 0 Å². The first-order valence-corrected chi connectivity index (χ1v) is 9.06. The lowest BCUT2D eigenvalue weighted by Crippen LogP contribution is -2.41. The fourth-order valence-corrected chi connectivity index (χ4v) is 4.07. The van der Waals surface area contributed by atoms with Gasteiger partial charge in [-0.3, -0.25) is 4.79 Å². The van der Waals surface area contributed by atoms with E-state index in [1.165, 1.54) is 5.56 Å². The first kappa shape index (κ1) is 17.7. The van der Waals surface area contributed by atoms with Gasteiger partial charge in [0, 0.05) is 0 Å². The highest BCUT2D eigenvalue weighted by Crippen LogP contribution is 2.47. The third-order valence-corrected chi connectivity index (χ3v) is 5.46. The highest BCUT2D eigenvalue weighted by atomic mass is 16.5. The maximum Gasteiger partial charge on any atom is 0.312 e. The molecular formula is C22H26O3. The lowest BCUT2D eigenvalue weighted by atomic mass is 9.74. The van der Waals surface area contributed by atoms with Crippen molar-refractivity contribution in [3.8, 4) is 0 Å². The molecule has 0 aromatic heterocycles. The zero-order chi connectivity index (χ0) is 17.7. The van der Waals surface area contributed by atoms with Gasteiger partial charge in [-0.1, -0.05) is 67.6 Å². The fourth-order valence-electron chi connectivity index (χ4n) is 4.07. The monoisotopic (exact) mass is 338 g/mol. The van der Waals surface area contributed by atoms with Crippen LogP contribution >= 0.6 is 0 Å². The molecule has 2 aromatic carbocycles. The first-order valence-electron chi connectivity index (χ1n) is 9.06. The lowest BCUT2D eigenvalue weighted by molar-refractivity contribution is -0.159. The van der Waals surface area contributed by atoms with Crippen LogP contribution in [0.25, 0.3) is 0 Å². The lowest BCUT2D eigenvalue weighted by Gasteiger charge is -2.33. The standard InChI is InChI=1S/C22H26O3/c1-17(19-11-6-3-7-12-19)15-22(21(23)24)14-8-13-20(22)25-16-18-9-4-2-5-10-18/h2-7,9-12,17,20H,8,13-16H2,1H3,(H,23,24)/t17-,20+,22-/m1/s1. The number of aliphatic carboxylic acids is 1. The van der Waals surface area contributed by atoms with Crippen LogP contribution in [0, 0.1) is 5.41 Å². The van der Waals surface area contributed by atoms with Crippen LogP contribution in [-0.4, -0.2) is 17.2 Å². The van der Waals surface area contributed by atoms with Gasteiger partial charge in [0.2, 0.25) is 0 Å². The number of ether oxygens (including phenoxy) is 1. The molecule has 1 N–H and O–H groups in total. The van der Waals surface area contributed by atoms with E-state index in [0.29, 0.717) is 19.4 Å². The predicted molar refractivity (Wildman–Crippen MR) is 98.4 cm³/mol. The first-order chi connectivity index (χ1) is 12.1. The number of benzene rings is 2. The van der Waals surface area contributed by atoms with Gasteiger partial charge < -0.3 is 9.84 Å². The van der Waals surface area contributed by atoms with Gasteiger partial charge in [0.1, 0.15) is 0 Å². The molecule has 0 bridgehead atoms. The Morgan fingerprint density at radius 2 is 1.80 bits per heavy atom. The summed E-state index contributed by atoms with van der Waals surface area (Å²) in [5, 5.41) is 10.0. The van der Waals surface area contributed by atoms with Crippen molar-refractivity contribution in [2.45, 2.75) is 51.2 Å². The second-order valence-corrected chi connectivity index (χ2v) is 7.15. The van der Waals surface area contributed by atoms with E-state index in [4.69, 9.17) is 4.74 Å². The summed E-state index contributed by atoms with van der Waals surface area (Å²) in [7, 11) is 0. The zero-order valence-corrected chi connectivity index (χ0v) is 14.7. The molecular weight excluding hydrogens is 312 g/mol. The number of carbonyl (C=O) groups is 1. The van der Waals surface area contributed by atoms with Crippen molar-refractivity contribution >= 4 is 5.97 Å². The van der Waals surface area contributed by atoms with E-state index in [1.54, 1.807) is 0 Å². The Bertz CT molecular complexity index is 683. The average Bonchev–Trinajstić information content (AvgIpc) is 3.05. The predicted octanol–water partition coefficient (Wildman–Crippen LogP) is 5.02. The molecule has 0 radical (unpaired) electrons. The minimum absolute atomic E-state index is 0.193. The number of carboxylic acid groups (broad SMARTS) is 1. The van der Waals surface area contributed by atoms with Gasteiger partial charge in [-0.05, 0) is 42.7 Å². The van der Waals surface area contributed by atoms with E-state index in [9.17, 15) is 9.90 Å². The fraction of sp³-hybridized carbons (Fsp3) is 0.409. The van der Waals surface area contributed by atoms with Crippen LogP contribution in [0.4, 0.5) is 0 Å². The van der Waals surface area contributed by atoms with Crippen molar-refractivity contribution in [2.24, 2.45) is 5.41 Å². The number of carboxylic acids is 1. The molecule has 3 rings (SSSR count). The number of rotatable bonds is 7. The van der Waals surface area contributed by atoms with Crippen LogP contribution in [0.5, 0.6) is 0 Å². The molecule has 1 aliphatic rings. The number of hydrogen-bond acceptors (Lipinski definition) is 2. The third kappa shape index (κ3) is 3.93. The quantitative estimate of drug-likeness (QED) is 0.771. The van der Waals surface area contributed by atoms with Crippen LogP contribution in [-0.2, 0) is 16.1 Å². The van der Waals surface area contributed by atoms with Crippen LogP contribution in [0.15, 0.2) is 60.7 Å². The summed E-state index contributed by atoms with van der Waals surface area (Å²) >= 11 is 0. The molecule has 0 spiro atoms. The molecule has 3 nitrogen and oxygen atoms in total. The molecule has 1 saturated carbocycles. The average molecular weight is 338 g/mol. The van der Waals surface area contributed by atoms with E-state index in [2.05, 4.69) is 19.1 Å². The second-order valence-electron chi connectivity index (χ2n) is 7.15. The molecule has 1 aliphatic carbocycles. The SMILES string of the molecule is C[C@H](C[C@]1(C(=O)O)CCC[C@@H]1OCc1ccccc1)c1ccccc1. The van der Waals surface area contributed by atoms with E-state index < -0.39 is 11.4 Å². The molecule has 132 valence electrons. The smallest absolute Gasteiger partial charge is 0.312 e.